The van der Waals surface area contributed by atoms with Crippen LogP contribution >= 0.6 is 11.3 Å². The number of thiophene rings is 1. The van der Waals surface area contributed by atoms with E-state index in [2.05, 4.69) is 33.0 Å². The van der Waals surface area contributed by atoms with Crippen LogP contribution in [-0.4, -0.2) is 25.1 Å². The SMILES string of the molecule is CCC(C)Oc1cccc(C(=O)Nc2sc3c(c2C(=O)OC)CCC(C(C)(C)C)C3)c1. The molecule has 0 radical (unpaired) electrons. The summed E-state index contributed by atoms with van der Waals surface area (Å²) in [5, 5.41) is 3.54. The summed E-state index contributed by atoms with van der Waals surface area (Å²) in [4.78, 5) is 26.8. The van der Waals surface area contributed by atoms with Crippen molar-refractivity contribution in [2.45, 2.75) is 66.4 Å². The number of rotatable bonds is 6. The smallest absolute Gasteiger partial charge is 0.341 e. The number of nitrogens with one attached hydrogen (secondary N) is 1. The van der Waals surface area contributed by atoms with Gasteiger partial charge in [0.1, 0.15) is 10.8 Å². The molecule has 2 atom stereocenters. The Labute approximate surface area is 189 Å². The van der Waals surface area contributed by atoms with E-state index in [4.69, 9.17) is 9.47 Å². The summed E-state index contributed by atoms with van der Waals surface area (Å²) in [5.74, 6) is 0.553. The standard InChI is InChI=1S/C25H33NO4S/c1-7-15(2)30-18-10-8-9-16(13-18)22(27)26-23-21(24(28)29-6)19-12-11-17(25(3,4)5)14-20(19)31-23/h8-10,13,15,17H,7,11-12,14H2,1-6H3,(H,26,27). The first-order chi connectivity index (χ1) is 14.6. The molecular weight excluding hydrogens is 410 g/mol. The summed E-state index contributed by atoms with van der Waals surface area (Å²) >= 11 is 1.50. The van der Waals surface area contributed by atoms with Crippen molar-refractivity contribution in [1.82, 2.24) is 0 Å². The van der Waals surface area contributed by atoms with E-state index in [1.165, 1.54) is 23.3 Å². The minimum atomic E-state index is -0.393. The van der Waals surface area contributed by atoms with Crippen molar-refractivity contribution >= 4 is 28.2 Å². The van der Waals surface area contributed by atoms with Gasteiger partial charge >= 0.3 is 5.97 Å². The lowest BCUT2D eigenvalue weighted by molar-refractivity contribution is 0.0600. The van der Waals surface area contributed by atoms with Crippen LogP contribution in [0.2, 0.25) is 0 Å². The summed E-state index contributed by atoms with van der Waals surface area (Å²) in [6.07, 6.45) is 3.73. The molecule has 1 N–H and O–H groups in total. The van der Waals surface area contributed by atoms with E-state index < -0.39 is 5.97 Å². The molecule has 0 bridgehead atoms. The lowest BCUT2D eigenvalue weighted by atomic mass is 9.72. The molecule has 168 valence electrons. The highest BCUT2D eigenvalue weighted by molar-refractivity contribution is 7.17. The van der Waals surface area contributed by atoms with Crippen LogP contribution in [0.5, 0.6) is 5.75 Å². The second-order valence-corrected chi connectivity index (χ2v) is 10.4. The average Bonchev–Trinajstić information content (AvgIpc) is 3.09. The molecule has 0 saturated carbocycles. The molecule has 2 unspecified atom stereocenters. The van der Waals surface area contributed by atoms with Crippen molar-refractivity contribution < 1.29 is 19.1 Å². The number of benzene rings is 1. The number of esters is 1. The molecule has 5 nitrogen and oxygen atoms in total. The lowest BCUT2D eigenvalue weighted by Crippen LogP contribution is -2.26. The van der Waals surface area contributed by atoms with Gasteiger partial charge in [-0.25, -0.2) is 4.79 Å². The molecule has 3 rings (SSSR count). The number of carbonyl (C=O) groups excluding carboxylic acids is 2. The number of amides is 1. The number of carbonyl (C=O) groups is 2. The molecular formula is C25H33NO4S. The highest BCUT2D eigenvalue weighted by Crippen LogP contribution is 2.44. The Balaban J connectivity index is 1.88. The number of methoxy groups -OCH3 is 1. The number of ether oxygens (including phenoxy) is 2. The van der Waals surface area contributed by atoms with Gasteiger partial charge in [-0.15, -0.1) is 11.3 Å². The van der Waals surface area contributed by atoms with Gasteiger partial charge in [-0.05, 0) is 67.7 Å². The van der Waals surface area contributed by atoms with Crippen molar-refractivity contribution in [3.8, 4) is 5.75 Å². The van der Waals surface area contributed by atoms with Crippen molar-refractivity contribution in [3.05, 3.63) is 45.8 Å². The van der Waals surface area contributed by atoms with Crippen molar-refractivity contribution in [3.63, 3.8) is 0 Å². The Morgan fingerprint density at radius 1 is 1.29 bits per heavy atom. The van der Waals surface area contributed by atoms with Gasteiger partial charge in [-0.2, -0.15) is 0 Å². The molecule has 1 aliphatic carbocycles. The molecule has 6 heteroatoms. The molecule has 0 fully saturated rings. The molecule has 1 aromatic carbocycles. The van der Waals surface area contributed by atoms with Crippen LogP contribution < -0.4 is 10.1 Å². The number of hydrogen-bond donors (Lipinski definition) is 1. The van der Waals surface area contributed by atoms with Crippen LogP contribution in [0.1, 0.15) is 78.6 Å². The topological polar surface area (TPSA) is 64.6 Å². The van der Waals surface area contributed by atoms with E-state index in [0.717, 1.165) is 31.2 Å². The van der Waals surface area contributed by atoms with Gasteiger partial charge in [-0.1, -0.05) is 33.8 Å². The van der Waals surface area contributed by atoms with Gasteiger partial charge < -0.3 is 14.8 Å². The fourth-order valence-corrected chi connectivity index (χ4v) is 5.24. The predicted molar refractivity (Wildman–Crippen MR) is 125 cm³/mol. The van der Waals surface area contributed by atoms with Gasteiger partial charge in [0.2, 0.25) is 0 Å². The van der Waals surface area contributed by atoms with Gasteiger partial charge in [0.05, 0.1) is 18.8 Å². The molecule has 1 heterocycles. The van der Waals surface area contributed by atoms with E-state index >= 15 is 0 Å². The number of anilines is 1. The zero-order valence-electron chi connectivity index (χ0n) is 19.3. The summed E-state index contributed by atoms with van der Waals surface area (Å²) in [6.45, 7) is 10.8. The highest BCUT2D eigenvalue weighted by atomic mass is 32.1. The van der Waals surface area contributed by atoms with E-state index in [9.17, 15) is 9.59 Å². The fraction of sp³-hybridized carbons (Fsp3) is 0.520. The first-order valence-electron chi connectivity index (χ1n) is 10.9. The van der Waals surface area contributed by atoms with E-state index in [1.807, 2.05) is 13.0 Å². The van der Waals surface area contributed by atoms with Crippen LogP contribution in [0.3, 0.4) is 0 Å². The second-order valence-electron chi connectivity index (χ2n) is 9.32. The number of hydrogen-bond acceptors (Lipinski definition) is 5. The van der Waals surface area contributed by atoms with Crippen molar-refractivity contribution in [2.75, 3.05) is 12.4 Å². The third-order valence-corrected chi connectivity index (χ3v) is 7.28. The average molecular weight is 444 g/mol. The Hall–Kier alpha value is -2.34. The van der Waals surface area contributed by atoms with Gasteiger partial charge in [0, 0.05) is 10.4 Å². The first-order valence-corrected chi connectivity index (χ1v) is 11.8. The summed E-state index contributed by atoms with van der Waals surface area (Å²) in [6, 6.07) is 7.14. The maximum atomic E-state index is 13.0. The van der Waals surface area contributed by atoms with Gasteiger partial charge in [0.25, 0.3) is 5.91 Å². The molecule has 1 amide bonds. The maximum Gasteiger partial charge on any atom is 0.341 e. The largest absolute Gasteiger partial charge is 0.491 e. The highest BCUT2D eigenvalue weighted by Gasteiger charge is 2.34. The van der Waals surface area contributed by atoms with Crippen LogP contribution in [0.25, 0.3) is 0 Å². The Morgan fingerprint density at radius 2 is 2.03 bits per heavy atom. The Kier molecular flexibility index (Phi) is 7.10. The van der Waals surface area contributed by atoms with Gasteiger partial charge in [0.15, 0.2) is 0 Å². The van der Waals surface area contributed by atoms with Crippen molar-refractivity contribution in [1.29, 1.82) is 0 Å². The van der Waals surface area contributed by atoms with E-state index in [1.54, 1.807) is 18.2 Å². The van der Waals surface area contributed by atoms with E-state index in [0.29, 0.717) is 27.8 Å². The fourth-order valence-electron chi connectivity index (χ4n) is 3.93. The van der Waals surface area contributed by atoms with Gasteiger partial charge in [-0.3, -0.25) is 4.79 Å². The summed E-state index contributed by atoms with van der Waals surface area (Å²) in [5.41, 5.74) is 2.24. The Morgan fingerprint density at radius 3 is 2.68 bits per heavy atom. The lowest BCUT2D eigenvalue weighted by Gasteiger charge is -2.33. The molecule has 0 saturated heterocycles. The number of fused-ring (bicyclic) bond motifs is 1. The summed E-state index contributed by atoms with van der Waals surface area (Å²) in [7, 11) is 1.38. The van der Waals surface area contributed by atoms with Crippen LogP contribution in [0.15, 0.2) is 24.3 Å². The van der Waals surface area contributed by atoms with Crippen LogP contribution in [0.4, 0.5) is 5.00 Å². The summed E-state index contributed by atoms with van der Waals surface area (Å²) < 4.78 is 10.9. The maximum absolute atomic E-state index is 13.0. The zero-order valence-corrected chi connectivity index (χ0v) is 20.2. The molecule has 1 aromatic heterocycles. The third kappa shape index (κ3) is 5.29. The molecule has 31 heavy (non-hydrogen) atoms. The molecule has 0 aliphatic heterocycles. The molecule has 0 spiro atoms. The molecule has 1 aliphatic rings. The zero-order chi connectivity index (χ0) is 22.8. The monoisotopic (exact) mass is 443 g/mol. The Bertz CT molecular complexity index is 957. The minimum absolute atomic E-state index is 0.0732. The third-order valence-electron chi connectivity index (χ3n) is 6.12. The predicted octanol–water partition coefficient (Wildman–Crippen LogP) is 6.12. The van der Waals surface area contributed by atoms with Crippen molar-refractivity contribution in [2.24, 2.45) is 11.3 Å². The van der Waals surface area contributed by atoms with Crippen LogP contribution in [-0.2, 0) is 17.6 Å². The first kappa shape index (κ1) is 23.3. The minimum Gasteiger partial charge on any atom is -0.491 e. The quantitative estimate of drug-likeness (QED) is 0.547. The normalized spacial score (nSPS) is 16.9. The molecule has 2 aromatic rings. The van der Waals surface area contributed by atoms with E-state index in [-0.39, 0.29) is 17.4 Å². The van der Waals surface area contributed by atoms with Crippen LogP contribution in [0, 0.1) is 11.3 Å². The second kappa shape index (κ2) is 9.43.